The van der Waals surface area contributed by atoms with Gasteiger partial charge in [0.05, 0.1) is 10.5 Å². The van der Waals surface area contributed by atoms with Crippen molar-refractivity contribution in [3.05, 3.63) is 33.1 Å². The lowest BCUT2D eigenvalue weighted by molar-refractivity contribution is -0.385. The van der Waals surface area contributed by atoms with Crippen molar-refractivity contribution in [1.82, 2.24) is 10.3 Å². The van der Waals surface area contributed by atoms with E-state index in [9.17, 15) is 14.9 Å². The van der Waals surface area contributed by atoms with E-state index in [1.54, 1.807) is 0 Å². The first-order valence-corrected chi connectivity index (χ1v) is 6.73. The number of pyridine rings is 1. The molecule has 7 nitrogen and oxygen atoms in total. The van der Waals surface area contributed by atoms with Crippen molar-refractivity contribution in [1.29, 1.82) is 0 Å². The molecule has 3 N–H and O–H groups in total. The van der Waals surface area contributed by atoms with Crippen molar-refractivity contribution < 1.29 is 9.72 Å². The van der Waals surface area contributed by atoms with Crippen molar-refractivity contribution >= 4 is 23.2 Å². The standard InChI is InChI=1S/C12H15ClN4O3/c13-11-8(5-7(6-15-11)17(19)20)12(18)16-10-4-2-1-3-9(10)14/h5-6,9-10H,1-4,14H2,(H,16,18)/t9-,10-/m1/s1. The van der Waals surface area contributed by atoms with Crippen molar-refractivity contribution in [2.45, 2.75) is 37.8 Å². The Balaban J connectivity index is 2.16. The second-order valence-corrected chi connectivity index (χ2v) is 5.18. The lowest BCUT2D eigenvalue weighted by atomic mass is 9.91. The Morgan fingerprint density at radius 2 is 2.20 bits per heavy atom. The van der Waals surface area contributed by atoms with Gasteiger partial charge in [0.1, 0.15) is 11.3 Å². The quantitative estimate of drug-likeness (QED) is 0.500. The lowest BCUT2D eigenvalue weighted by Gasteiger charge is -2.29. The zero-order valence-electron chi connectivity index (χ0n) is 10.7. The van der Waals surface area contributed by atoms with Gasteiger partial charge in [0.15, 0.2) is 0 Å². The highest BCUT2D eigenvalue weighted by molar-refractivity contribution is 6.32. The number of nitrogens with zero attached hydrogens (tertiary/aromatic N) is 2. The summed E-state index contributed by atoms with van der Waals surface area (Å²) in [5.41, 5.74) is 5.68. The minimum absolute atomic E-state index is 0.00126. The molecule has 1 aromatic heterocycles. The van der Waals surface area contributed by atoms with Crippen LogP contribution >= 0.6 is 11.6 Å². The summed E-state index contributed by atoms with van der Waals surface area (Å²) in [6.45, 7) is 0. The molecule has 0 aromatic carbocycles. The molecule has 8 heteroatoms. The van der Waals surface area contributed by atoms with Gasteiger partial charge in [0, 0.05) is 18.2 Å². The molecule has 1 amide bonds. The number of rotatable bonds is 3. The number of nitrogens with one attached hydrogen (secondary N) is 1. The van der Waals surface area contributed by atoms with Crippen LogP contribution in [0.4, 0.5) is 5.69 Å². The van der Waals surface area contributed by atoms with Gasteiger partial charge in [-0.25, -0.2) is 4.98 Å². The fourth-order valence-electron chi connectivity index (χ4n) is 2.28. The van der Waals surface area contributed by atoms with Crippen LogP contribution in [-0.2, 0) is 0 Å². The molecule has 2 rings (SSSR count). The molecule has 0 unspecified atom stereocenters. The summed E-state index contributed by atoms with van der Waals surface area (Å²) in [6.07, 6.45) is 4.72. The average Bonchev–Trinajstić information content (AvgIpc) is 2.41. The number of aromatic nitrogens is 1. The largest absolute Gasteiger partial charge is 0.348 e. The van der Waals surface area contributed by atoms with E-state index in [4.69, 9.17) is 17.3 Å². The number of halogens is 1. The van der Waals surface area contributed by atoms with E-state index in [0.717, 1.165) is 37.9 Å². The predicted molar refractivity (Wildman–Crippen MR) is 73.6 cm³/mol. The van der Waals surface area contributed by atoms with E-state index in [2.05, 4.69) is 10.3 Å². The highest BCUT2D eigenvalue weighted by Gasteiger charge is 2.25. The highest BCUT2D eigenvalue weighted by atomic mass is 35.5. The maximum Gasteiger partial charge on any atom is 0.288 e. The molecule has 0 radical (unpaired) electrons. The normalized spacial score (nSPS) is 22.3. The van der Waals surface area contributed by atoms with Crippen LogP contribution in [0.15, 0.2) is 12.3 Å². The molecule has 0 saturated heterocycles. The first-order valence-electron chi connectivity index (χ1n) is 6.35. The molecule has 20 heavy (non-hydrogen) atoms. The molecule has 1 saturated carbocycles. The smallest absolute Gasteiger partial charge is 0.288 e. The van der Waals surface area contributed by atoms with Gasteiger partial charge in [-0.3, -0.25) is 14.9 Å². The van der Waals surface area contributed by atoms with Gasteiger partial charge in [0.2, 0.25) is 0 Å². The van der Waals surface area contributed by atoms with Crippen LogP contribution in [0.25, 0.3) is 0 Å². The molecule has 0 aliphatic heterocycles. The molecular weight excluding hydrogens is 284 g/mol. The number of hydrogen-bond acceptors (Lipinski definition) is 5. The molecule has 2 atom stereocenters. The number of carbonyl (C=O) groups is 1. The Kier molecular flexibility index (Phi) is 4.51. The van der Waals surface area contributed by atoms with Crippen molar-refractivity contribution in [3.63, 3.8) is 0 Å². The zero-order valence-corrected chi connectivity index (χ0v) is 11.5. The zero-order chi connectivity index (χ0) is 14.7. The minimum atomic E-state index is -0.619. The fraction of sp³-hybridized carbons (Fsp3) is 0.500. The lowest BCUT2D eigenvalue weighted by Crippen LogP contribution is -2.49. The summed E-state index contributed by atoms with van der Waals surface area (Å²) < 4.78 is 0. The van der Waals surface area contributed by atoms with Crippen LogP contribution < -0.4 is 11.1 Å². The number of hydrogen-bond donors (Lipinski definition) is 2. The predicted octanol–water partition coefficient (Wildman–Crippen LogP) is 1.64. The SMILES string of the molecule is N[C@@H]1CCCC[C@H]1NC(=O)c1cc([N+](=O)[O-])cnc1Cl. The van der Waals surface area contributed by atoms with Crippen LogP contribution in [0, 0.1) is 10.1 Å². The van der Waals surface area contributed by atoms with Gasteiger partial charge >= 0.3 is 0 Å². The maximum atomic E-state index is 12.1. The van der Waals surface area contributed by atoms with Gasteiger partial charge < -0.3 is 11.1 Å². The third-order valence-electron chi connectivity index (χ3n) is 3.42. The first kappa shape index (κ1) is 14.7. The molecule has 1 aromatic rings. The molecule has 1 aliphatic carbocycles. The second kappa shape index (κ2) is 6.15. The van der Waals surface area contributed by atoms with E-state index in [-0.39, 0.29) is 28.5 Å². The van der Waals surface area contributed by atoms with Crippen molar-refractivity contribution in [3.8, 4) is 0 Å². The number of carbonyl (C=O) groups excluding carboxylic acids is 1. The molecule has 1 fully saturated rings. The third-order valence-corrected chi connectivity index (χ3v) is 3.72. The van der Waals surface area contributed by atoms with E-state index >= 15 is 0 Å². The van der Waals surface area contributed by atoms with E-state index in [1.807, 2.05) is 0 Å². The monoisotopic (exact) mass is 298 g/mol. The number of amides is 1. The summed E-state index contributed by atoms with van der Waals surface area (Å²) >= 11 is 5.82. The summed E-state index contributed by atoms with van der Waals surface area (Å²) in [7, 11) is 0. The summed E-state index contributed by atoms with van der Waals surface area (Å²) in [6, 6.07) is 0.892. The van der Waals surface area contributed by atoms with Crippen molar-refractivity contribution in [2.75, 3.05) is 0 Å². The second-order valence-electron chi connectivity index (χ2n) is 4.82. The van der Waals surface area contributed by atoms with Crippen LogP contribution in [0.5, 0.6) is 0 Å². The Bertz CT molecular complexity index is 537. The van der Waals surface area contributed by atoms with Crippen molar-refractivity contribution in [2.24, 2.45) is 5.73 Å². The Morgan fingerprint density at radius 1 is 1.50 bits per heavy atom. The third kappa shape index (κ3) is 3.23. The van der Waals surface area contributed by atoms with Crippen LogP contribution in [0.1, 0.15) is 36.0 Å². The van der Waals surface area contributed by atoms with E-state index in [0.29, 0.717) is 0 Å². The number of nitrogens with two attached hydrogens (primary N) is 1. The van der Waals surface area contributed by atoms with Gasteiger partial charge in [-0.15, -0.1) is 0 Å². The molecule has 0 spiro atoms. The van der Waals surface area contributed by atoms with Gasteiger partial charge in [-0.05, 0) is 12.8 Å². The molecular formula is C12H15ClN4O3. The van der Waals surface area contributed by atoms with E-state index < -0.39 is 10.8 Å². The Morgan fingerprint density at radius 3 is 2.85 bits per heavy atom. The molecule has 108 valence electrons. The Labute approximate surface area is 120 Å². The summed E-state index contributed by atoms with van der Waals surface area (Å²) in [5, 5.41) is 13.4. The van der Waals surface area contributed by atoms with Gasteiger partial charge in [0.25, 0.3) is 11.6 Å². The number of nitro groups is 1. The molecule has 0 bridgehead atoms. The molecule has 1 aliphatic rings. The summed E-state index contributed by atoms with van der Waals surface area (Å²) in [4.78, 5) is 25.9. The average molecular weight is 299 g/mol. The summed E-state index contributed by atoms with van der Waals surface area (Å²) in [5.74, 6) is -0.478. The van der Waals surface area contributed by atoms with Crippen LogP contribution in [-0.4, -0.2) is 27.9 Å². The van der Waals surface area contributed by atoms with E-state index in [1.165, 1.54) is 0 Å². The molecule has 1 heterocycles. The topological polar surface area (TPSA) is 111 Å². The fourth-order valence-corrected chi connectivity index (χ4v) is 2.47. The maximum absolute atomic E-state index is 12.1. The Hall–Kier alpha value is -1.73. The highest BCUT2D eigenvalue weighted by Crippen LogP contribution is 2.21. The first-order chi connectivity index (χ1) is 9.49. The van der Waals surface area contributed by atoms with Gasteiger partial charge in [-0.1, -0.05) is 24.4 Å². The van der Waals surface area contributed by atoms with Gasteiger partial charge in [-0.2, -0.15) is 0 Å². The van der Waals surface area contributed by atoms with Crippen LogP contribution in [0.2, 0.25) is 5.15 Å². The van der Waals surface area contributed by atoms with Crippen LogP contribution in [0.3, 0.4) is 0 Å². The minimum Gasteiger partial charge on any atom is -0.348 e.